The number of anilines is 2. The van der Waals surface area contributed by atoms with Crippen LogP contribution >= 0.6 is 0 Å². The number of rotatable bonds is 7. The fourth-order valence-electron chi connectivity index (χ4n) is 5.41. The maximum Gasteiger partial charge on any atom is 0.0970 e. The van der Waals surface area contributed by atoms with Crippen LogP contribution in [0.4, 0.5) is 34.1 Å². The Labute approximate surface area is 259 Å². The Bertz CT molecular complexity index is 2020. The minimum absolute atomic E-state index is 0.820. The van der Waals surface area contributed by atoms with Gasteiger partial charge in [0.05, 0.1) is 22.7 Å². The number of azo groups is 2. The van der Waals surface area contributed by atoms with Gasteiger partial charge in [-0.15, -0.1) is 10.2 Å². The number of fused-ring (bicyclic) bond motifs is 2. The summed E-state index contributed by atoms with van der Waals surface area (Å²) in [6, 6.07) is 37.7. The topological polar surface area (TPSA) is 55.9 Å². The van der Waals surface area contributed by atoms with E-state index in [-0.39, 0.29) is 0 Å². The molecule has 0 spiro atoms. The van der Waals surface area contributed by atoms with Gasteiger partial charge in [0.15, 0.2) is 0 Å². The smallest absolute Gasteiger partial charge is 0.0970 e. The number of nitrogens with zero attached hydrogens (tertiary/aromatic N) is 6. The van der Waals surface area contributed by atoms with Crippen LogP contribution in [0.3, 0.4) is 0 Å². The van der Waals surface area contributed by atoms with Crippen LogP contribution in [0.15, 0.2) is 130 Å². The highest BCUT2D eigenvalue weighted by Crippen LogP contribution is 2.40. The van der Waals surface area contributed by atoms with Crippen molar-refractivity contribution in [2.75, 3.05) is 38.0 Å². The molecule has 6 aromatic rings. The third-order valence-corrected chi connectivity index (χ3v) is 7.99. The van der Waals surface area contributed by atoms with Crippen LogP contribution in [0.5, 0.6) is 0 Å². The van der Waals surface area contributed by atoms with E-state index in [4.69, 9.17) is 10.2 Å². The second kappa shape index (κ2) is 12.1. The maximum absolute atomic E-state index is 4.80. The summed E-state index contributed by atoms with van der Waals surface area (Å²) >= 11 is 0. The van der Waals surface area contributed by atoms with Crippen LogP contribution in [0.1, 0.15) is 11.1 Å². The van der Waals surface area contributed by atoms with Crippen LogP contribution in [0.25, 0.3) is 32.7 Å². The highest BCUT2D eigenvalue weighted by atomic mass is 15.1. The SMILES string of the molecule is Cc1ccc2cc(-c3cccc4ccc(C)c(N=Nc5ccc(N(C)C)cc5)c34)ccc2c1N=Nc1ccc(N(C)C)cc1. The van der Waals surface area contributed by atoms with Gasteiger partial charge in [0.1, 0.15) is 0 Å². The van der Waals surface area contributed by atoms with E-state index < -0.39 is 0 Å². The van der Waals surface area contributed by atoms with Gasteiger partial charge in [-0.05, 0) is 101 Å². The summed E-state index contributed by atoms with van der Waals surface area (Å²) in [7, 11) is 8.11. The monoisotopic (exact) mass is 576 g/mol. The third-order valence-electron chi connectivity index (χ3n) is 7.99. The van der Waals surface area contributed by atoms with Crippen molar-refractivity contribution in [1.82, 2.24) is 0 Å². The van der Waals surface area contributed by atoms with Gasteiger partial charge in [0.2, 0.25) is 0 Å². The first-order valence-electron chi connectivity index (χ1n) is 14.7. The van der Waals surface area contributed by atoms with Crippen LogP contribution in [0.2, 0.25) is 0 Å². The molecule has 6 rings (SSSR count). The second-order valence-electron chi connectivity index (χ2n) is 11.5. The van der Waals surface area contributed by atoms with Crippen molar-refractivity contribution in [3.63, 3.8) is 0 Å². The van der Waals surface area contributed by atoms with Crippen LogP contribution in [0, 0.1) is 13.8 Å². The van der Waals surface area contributed by atoms with Crippen molar-refractivity contribution < 1.29 is 0 Å². The molecule has 0 amide bonds. The standard InChI is InChI=1S/C38H36N6/c1-25-11-13-29-24-28(14-23-35(29)37(25)41-39-30-15-19-32(20-16-30)43(3)4)34-9-7-8-27-12-10-26(2)38(36(27)34)42-40-31-17-21-33(22-18-31)44(5)6/h7-24H,1-6H3. The molecule has 6 aromatic carbocycles. The van der Waals surface area contributed by atoms with E-state index in [2.05, 4.69) is 119 Å². The average molecular weight is 577 g/mol. The van der Waals surface area contributed by atoms with E-state index in [1.54, 1.807) is 0 Å². The van der Waals surface area contributed by atoms with Gasteiger partial charge in [-0.2, -0.15) is 10.2 Å². The lowest BCUT2D eigenvalue weighted by atomic mass is 9.93. The molecule has 0 atom stereocenters. The first-order chi connectivity index (χ1) is 21.3. The minimum atomic E-state index is 0.820. The molecule has 218 valence electrons. The molecular weight excluding hydrogens is 540 g/mol. The first kappa shape index (κ1) is 28.7. The summed E-state index contributed by atoms with van der Waals surface area (Å²) in [5.74, 6) is 0. The van der Waals surface area contributed by atoms with E-state index in [1.807, 2.05) is 52.5 Å². The van der Waals surface area contributed by atoms with E-state index >= 15 is 0 Å². The molecule has 0 unspecified atom stereocenters. The second-order valence-corrected chi connectivity index (χ2v) is 11.5. The summed E-state index contributed by atoms with van der Waals surface area (Å²) < 4.78 is 0. The van der Waals surface area contributed by atoms with Gasteiger partial charge in [0.25, 0.3) is 0 Å². The van der Waals surface area contributed by atoms with Crippen LogP contribution < -0.4 is 9.80 Å². The van der Waals surface area contributed by atoms with Crippen molar-refractivity contribution in [2.24, 2.45) is 20.5 Å². The van der Waals surface area contributed by atoms with E-state index in [0.29, 0.717) is 0 Å². The Balaban J connectivity index is 1.40. The third kappa shape index (κ3) is 5.79. The number of benzene rings is 6. The number of hydrogen-bond donors (Lipinski definition) is 0. The molecular formula is C38H36N6. The number of hydrogen-bond acceptors (Lipinski definition) is 6. The highest BCUT2D eigenvalue weighted by Gasteiger charge is 2.13. The molecule has 0 aliphatic carbocycles. The fourth-order valence-corrected chi connectivity index (χ4v) is 5.41. The number of aryl methyl sites for hydroxylation is 2. The van der Waals surface area contributed by atoms with Crippen molar-refractivity contribution in [2.45, 2.75) is 13.8 Å². The lowest BCUT2D eigenvalue weighted by molar-refractivity contribution is 1.13. The minimum Gasteiger partial charge on any atom is -0.378 e. The predicted octanol–water partition coefficient (Wildman–Crippen LogP) is 11.2. The molecule has 44 heavy (non-hydrogen) atoms. The van der Waals surface area contributed by atoms with Crippen molar-refractivity contribution in [1.29, 1.82) is 0 Å². The molecule has 0 bridgehead atoms. The molecule has 0 aliphatic heterocycles. The Morgan fingerprint density at radius 2 is 1.02 bits per heavy atom. The van der Waals surface area contributed by atoms with Crippen LogP contribution in [-0.2, 0) is 0 Å². The summed E-state index contributed by atoms with van der Waals surface area (Å²) in [5.41, 5.74) is 10.1. The molecule has 6 heteroatoms. The molecule has 0 N–H and O–H groups in total. The molecule has 0 heterocycles. The Morgan fingerprint density at radius 3 is 1.61 bits per heavy atom. The lowest BCUT2D eigenvalue weighted by Gasteiger charge is -2.13. The average Bonchev–Trinajstić information content (AvgIpc) is 3.03. The fraction of sp³-hybridized carbons (Fsp3) is 0.158. The van der Waals surface area contributed by atoms with E-state index in [9.17, 15) is 0 Å². The predicted molar refractivity (Wildman–Crippen MR) is 186 cm³/mol. The van der Waals surface area contributed by atoms with Gasteiger partial charge in [-0.1, -0.05) is 54.6 Å². The van der Waals surface area contributed by atoms with Gasteiger partial charge in [0, 0.05) is 50.3 Å². The lowest BCUT2D eigenvalue weighted by Crippen LogP contribution is -2.07. The zero-order valence-electron chi connectivity index (χ0n) is 26.1. The van der Waals surface area contributed by atoms with Gasteiger partial charge in [-0.25, -0.2) is 0 Å². The van der Waals surface area contributed by atoms with Gasteiger partial charge in [-0.3, -0.25) is 0 Å². The Morgan fingerprint density at radius 1 is 0.477 bits per heavy atom. The normalized spacial score (nSPS) is 11.7. The molecule has 0 saturated heterocycles. The quantitative estimate of drug-likeness (QED) is 0.177. The van der Waals surface area contributed by atoms with Crippen molar-refractivity contribution >= 4 is 55.7 Å². The Kier molecular flexibility index (Phi) is 7.90. The summed E-state index contributed by atoms with van der Waals surface area (Å²) in [6.07, 6.45) is 0. The molecule has 6 nitrogen and oxygen atoms in total. The largest absolute Gasteiger partial charge is 0.378 e. The highest BCUT2D eigenvalue weighted by molar-refractivity contribution is 6.06. The first-order valence-corrected chi connectivity index (χ1v) is 14.7. The van der Waals surface area contributed by atoms with Crippen LogP contribution in [-0.4, -0.2) is 28.2 Å². The molecule has 0 fully saturated rings. The molecule has 0 radical (unpaired) electrons. The Hall–Kier alpha value is -5.36. The van der Waals surface area contributed by atoms with E-state index in [0.717, 1.165) is 77.9 Å². The zero-order valence-corrected chi connectivity index (χ0v) is 26.1. The molecule has 0 aliphatic rings. The zero-order chi connectivity index (χ0) is 30.8. The maximum atomic E-state index is 4.80. The van der Waals surface area contributed by atoms with Crippen molar-refractivity contribution in [3.8, 4) is 11.1 Å². The van der Waals surface area contributed by atoms with Gasteiger partial charge >= 0.3 is 0 Å². The molecule has 0 saturated carbocycles. The van der Waals surface area contributed by atoms with Gasteiger partial charge < -0.3 is 9.80 Å². The summed E-state index contributed by atoms with van der Waals surface area (Å²) in [4.78, 5) is 4.14. The van der Waals surface area contributed by atoms with Crippen molar-refractivity contribution in [3.05, 3.63) is 120 Å². The summed E-state index contributed by atoms with van der Waals surface area (Å²) in [6.45, 7) is 4.17. The molecule has 0 aromatic heterocycles. The summed E-state index contributed by atoms with van der Waals surface area (Å²) in [5, 5.41) is 23.1. The van der Waals surface area contributed by atoms with E-state index in [1.165, 1.54) is 0 Å².